The molecule has 0 spiro atoms. The number of rotatable bonds is 10. The Balaban J connectivity index is 0.00000480. The molecule has 1 aromatic carbocycles. The summed E-state index contributed by atoms with van der Waals surface area (Å²) in [6.07, 6.45) is 7.85. The van der Waals surface area contributed by atoms with E-state index in [-0.39, 0.29) is 36.0 Å². The molecule has 0 unspecified atom stereocenters. The van der Waals surface area contributed by atoms with Crippen LogP contribution in [0.25, 0.3) is 0 Å². The van der Waals surface area contributed by atoms with Gasteiger partial charge in [-0.3, -0.25) is 0 Å². The van der Waals surface area contributed by atoms with E-state index >= 15 is 0 Å². The third kappa shape index (κ3) is 12.2. The lowest BCUT2D eigenvalue weighted by Gasteiger charge is -2.22. The predicted octanol–water partition coefficient (Wildman–Crippen LogP) is 4.63. The Morgan fingerprint density at radius 3 is 2.48 bits per heavy atom. The Bertz CT molecular complexity index is 646. The van der Waals surface area contributed by atoms with Gasteiger partial charge in [-0.15, -0.1) is 24.0 Å². The molecule has 1 aliphatic rings. The van der Waals surface area contributed by atoms with Crippen molar-refractivity contribution in [2.24, 2.45) is 4.99 Å². The maximum atomic E-state index is 11.8. The number of amides is 2. The van der Waals surface area contributed by atoms with Crippen molar-refractivity contribution >= 4 is 41.7 Å². The lowest BCUT2D eigenvalue weighted by Crippen LogP contribution is -2.38. The minimum absolute atomic E-state index is 0. The number of guanidine groups is 1. The largest absolute Gasteiger partial charge is 0.378 e. The Morgan fingerprint density at radius 1 is 1.13 bits per heavy atom. The first-order chi connectivity index (χ1) is 14.6. The zero-order chi connectivity index (χ0) is 21.6. The number of anilines is 1. The van der Waals surface area contributed by atoms with Gasteiger partial charge in [0.15, 0.2) is 5.96 Å². The van der Waals surface area contributed by atoms with Crippen LogP contribution in [0.5, 0.6) is 0 Å². The van der Waals surface area contributed by atoms with Gasteiger partial charge in [-0.05, 0) is 57.7 Å². The second-order valence-corrected chi connectivity index (χ2v) is 8.06. The van der Waals surface area contributed by atoms with Gasteiger partial charge in [0, 0.05) is 31.4 Å². The van der Waals surface area contributed by atoms with Gasteiger partial charge in [-0.25, -0.2) is 9.79 Å². The minimum atomic E-state index is -0.193. The molecule has 1 aliphatic carbocycles. The van der Waals surface area contributed by atoms with Crippen LogP contribution in [0, 0.1) is 0 Å². The third-order valence-electron chi connectivity index (χ3n) is 4.91. The van der Waals surface area contributed by atoms with Crippen molar-refractivity contribution in [2.45, 2.75) is 78.0 Å². The highest BCUT2D eigenvalue weighted by Gasteiger charge is 2.13. The van der Waals surface area contributed by atoms with Crippen molar-refractivity contribution in [3.05, 3.63) is 29.8 Å². The molecule has 8 heteroatoms. The van der Waals surface area contributed by atoms with Gasteiger partial charge in [0.2, 0.25) is 0 Å². The standard InChI is InChI=1S/C23H39N5O2.HI/c1-4-24-22(25-15-8-16-30-21-9-6-5-7-10-21)26-17-19-11-13-20(14-12-19)28-23(29)27-18(2)3;/h11-14,18,21H,4-10,15-17H2,1-3H3,(H2,24,25,26)(H2,27,28,29);1H. The number of nitrogens with zero attached hydrogens (tertiary/aromatic N) is 1. The van der Waals surface area contributed by atoms with Crippen molar-refractivity contribution in [1.82, 2.24) is 16.0 Å². The van der Waals surface area contributed by atoms with E-state index in [1.54, 1.807) is 0 Å². The Labute approximate surface area is 204 Å². The zero-order valence-corrected chi connectivity index (χ0v) is 21.5. The molecular weight excluding hydrogens is 505 g/mol. The molecular formula is C23H40IN5O2. The molecule has 0 radical (unpaired) electrons. The molecule has 0 saturated heterocycles. The van der Waals surface area contributed by atoms with Crippen LogP contribution >= 0.6 is 24.0 Å². The summed E-state index contributed by atoms with van der Waals surface area (Å²) in [5.74, 6) is 0.814. The molecule has 1 aromatic rings. The smallest absolute Gasteiger partial charge is 0.319 e. The van der Waals surface area contributed by atoms with Crippen LogP contribution in [-0.2, 0) is 11.3 Å². The molecule has 0 aromatic heterocycles. The van der Waals surface area contributed by atoms with E-state index in [9.17, 15) is 4.79 Å². The molecule has 176 valence electrons. The Kier molecular flexibility index (Phi) is 14.3. The zero-order valence-electron chi connectivity index (χ0n) is 19.2. The summed E-state index contributed by atoms with van der Waals surface area (Å²) in [7, 11) is 0. The molecule has 4 N–H and O–H groups in total. The van der Waals surface area contributed by atoms with Crippen LogP contribution in [-0.4, -0.2) is 43.8 Å². The quantitative estimate of drug-likeness (QED) is 0.150. The van der Waals surface area contributed by atoms with E-state index in [1.807, 2.05) is 38.1 Å². The number of hydrogen-bond donors (Lipinski definition) is 4. The van der Waals surface area contributed by atoms with Gasteiger partial charge in [0.25, 0.3) is 0 Å². The van der Waals surface area contributed by atoms with E-state index in [0.29, 0.717) is 12.6 Å². The van der Waals surface area contributed by atoms with Crippen molar-refractivity contribution < 1.29 is 9.53 Å². The maximum absolute atomic E-state index is 11.8. The Morgan fingerprint density at radius 2 is 1.84 bits per heavy atom. The summed E-state index contributed by atoms with van der Waals surface area (Å²) in [6, 6.07) is 7.67. The molecule has 31 heavy (non-hydrogen) atoms. The molecule has 1 fully saturated rings. The first-order valence-corrected chi connectivity index (χ1v) is 11.4. The molecule has 0 aliphatic heterocycles. The number of benzene rings is 1. The van der Waals surface area contributed by atoms with Gasteiger partial charge in [-0.2, -0.15) is 0 Å². The highest BCUT2D eigenvalue weighted by atomic mass is 127. The van der Waals surface area contributed by atoms with Gasteiger partial charge >= 0.3 is 6.03 Å². The van der Waals surface area contributed by atoms with Crippen LogP contribution in [0.4, 0.5) is 10.5 Å². The monoisotopic (exact) mass is 545 g/mol. The van der Waals surface area contributed by atoms with Crippen molar-refractivity contribution in [2.75, 3.05) is 25.0 Å². The molecule has 7 nitrogen and oxygen atoms in total. The van der Waals surface area contributed by atoms with Crippen LogP contribution < -0.4 is 21.3 Å². The summed E-state index contributed by atoms with van der Waals surface area (Å²) < 4.78 is 5.98. The van der Waals surface area contributed by atoms with Crippen molar-refractivity contribution in [1.29, 1.82) is 0 Å². The summed E-state index contributed by atoms with van der Waals surface area (Å²) in [4.78, 5) is 16.4. The van der Waals surface area contributed by atoms with Crippen LogP contribution in [0.1, 0.15) is 64.9 Å². The normalized spacial score (nSPS) is 14.6. The molecule has 1 saturated carbocycles. The highest BCUT2D eigenvalue weighted by Crippen LogP contribution is 2.20. The van der Waals surface area contributed by atoms with Crippen LogP contribution in [0.15, 0.2) is 29.3 Å². The Hall–Kier alpha value is -1.55. The van der Waals surface area contributed by atoms with E-state index in [1.165, 1.54) is 32.1 Å². The van der Waals surface area contributed by atoms with Gasteiger partial charge < -0.3 is 26.0 Å². The fourth-order valence-corrected chi connectivity index (χ4v) is 3.40. The van der Waals surface area contributed by atoms with Crippen molar-refractivity contribution in [3.8, 4) is 0 Å². The van der Waals surface area contributed by atoms with E-state index in [0.717, 1.165) is 43.3 Å². The number of carbonyl (C=O) groups is 1. The van der Waals surface area contributed by atoms with Crippen LogP contribution in [0.3, 0.4) is 0 Å². The maximum Gasteiger partial charge on any atom is 0.319 e. The number of aliphatic imine (C=N–C) groups is 1. The van der Waals surface area contributed by atoms with E-state index in [2.05, 4.69) is 33.2 Å². The summed E-state index contributed by atoms with van der Waals surface area (Å²) in [5, 5.41) is 12.3. The minimum Gasteiger partial charge on any atom is -0.378 e. The number of nitrogens with one attached hydrogen (secondary N) is 4. The molecule has 2 rings (SSSR count). The second-order valence-electron chi connectivity index (χ2n) is 8.06. The van der Waals surface area contributed by atoms with Crippen LogP contribution in [0.2, 0.25) is 0 Å². The molecule has 0 bridgehead atoms. The lowest BCUT2D eigenvalue weighted by atomic mass is 9.98. The summed E-state index contributed by atoms with van der Waals surface area (Å²) in [5.41, 5.74) is 1.85. The fourth-order valence-electron chi connectivity index (χ4n) is 3.40. The summed E-state index contributed by atoms with van der Waals surface area (Å²) in [6.45, 7) is 8.96. The van der Waals surface area contributed by atoms with Crippen molar-refractivity contribution in [3.63, 3.8) is 0 Å². The summed E-state index contributed by atoms with van der Waals surface area (Å²) >= 11 is 0. The number of carbonyl (C=O) groups excluding carboxylic acids is 1. The van der Waals surface area contributed by atoms with Gasteiger partial charge in [-0.1, -0.05) is 31.4 Å². The first-order valence-electron chi connectivity index (χ1n) is 11.4. The molecule has 0 heterocycles. The lowest BCUT2D eigenvalue weighted by molar-refractivity contribution is 0.0277. The number of halogens is 1. The number of ether oxygens (including phenoxy) is 1. The number of hydrogen-bond acceptors (Lipinski definition) is 3. The number of urea groups is 1. The van der Waals surface area contributed by atoms with E-state index in [4.69, 9.17) is 4.74 Å². The van der Waals surface area contributed by atoms with Gasteiger partial charge in [0.1, 0.15) is 0 Å². The third-order valence-corrected chi connectivity index (χ3v) is 4.91. The highest BCUT2D eigenvalue weighted by molar-refractivity contribution is 14.0. The average Bonchev–Trinajstić information content (AvgIpc) is 2.73. The molecule has 0 atom stereocenters. The first kappa shape index (κ1) is 27.5. The van der Waals surface area contributed by atoms with Gasteiger partial charge in [0.05, 0.1) is 12.6 Å². The average molecular weight is 546 g/mol. The second kappa shape index (κ2) is 16.1. The molecule has 2 amide bonds. The van der Waals surface area contributed by atoms with E-state index < -0.39 is 0 Å². The SMILES string of the molecule is CCNC(=NCc1ccc(NC(=O)NC(C)C)cc1)NCCCOC1CCCCC1.I. The fraction of sp³-hybridized carbons (Fsp3) is 0.652. The topological polar surface area (TPSA) is 86.8 Å². The predicted molar refractivity (Wildman–Crippen MR) is 139 cm³/mol.